The van der Waals surface area contributed by atoms with Crippen molar-refractivity contribution >= 4 is 17.6 Å². The van der Waals surface area contributed by atoms with Crippen LogP contribution in [0.1, 0.15) is 11.5 Å². The van der Waals surface area contributed by atoms with Gasteiger partial charge in [-0.05, 0) is 17.7 Å². The summed E-state index contributed by atoms with van der Waals surface area (Å²) in [6.07, 6.45) is 0. The van der Waals surface area contributed by atoms with E-state index in [-0.39, 0.29) is 11.3 Å². The van der Waals surface area contributed by atoms with Gasteiger partial charge in [-0.2, -0.15) is 0 Å². The quantitative estimate of drug-likeness (QED) is 0.338. The first-order valence-corrected chi connectivity index (χ1v) is 7.52. The summed E-state index contributed by atoms with van der Waals surface area (Å²) in [6, 6.07) is 11.8. The summed E-state index contributed by atoms with van der Waals surface area (Å²) in [5, 5.41) is 11.7. The van der Waals surface area contributed by atoms with Gasteiger partial charge in [-0.1, -0.05) is 30.3 Å². The molecule has 0 radical (unpaired) electrons. The Hall–Kier alpha value is -3.42. The van der Waals surface area contributed by atoms with Crippen LogP contribution in [0.25, 0.3) is 11.1 Å². The smallest absolute Gasteiger partial charge is 0.324 e. The van der Waals surface area contributed by atoms with Crippen molar-refractivity contribution in [2.24, 2.45) is 0 Å². The summed E-state index contributed by atoms with van der Waals surface area (Å²) in [5.41, 5.74) is 0.489. The molecule has 2 aromatic rings. The van der Waals surface area contributed by atoms with E-state index < -0.39 is 28.5 Å². The summed E-state index contributed by atoms with van der Waals surface area (Å²) >= 11 is 0. The van der Waals surface area contributed by atoms with Gasteiger partial charge in [0, 0.05) is 5.56 Å². The van der Waals surface area contributed by atoms with Gasteiger partial charge in [-0.15, -0.1) is 0 Å². The van der Waals surface area contributed by atoms with Crippen molar-refractivity contribution in [3.05, 3.63) is 58.1 Å². The molecule has 0 heterocycles. The Balaban J connectivity index is 2.77. The van der Waals surface area contributed by atoms with Crippen LogP contribution < -0.4 is 4.74 Å². The van der Waals surface area contributed by atoms with Crippen LogP contribution in [0.2, 0.25) is 0 Å². The number of nitro groups is 1. The Morgan fingerprint density at radius 3 is 2.00 bits per heavy atom. The maximum Gasteiger partial charge on any atom is 0.324 e. The standard InChI is InChI=1S/C18H17NO7/c1-24-16-12(11-7-5-4-6-8-11)9-10-13(15(16)19(22)23)14(17(20)25-2)18(21)26-3/h4-10,14H,1-3H3. The second kappa shape index (κ2) is 8.11. The number of esters is 2. The summed E-state index contributed by atoms with van der Waals surface area (Å²) < 4.78 is 14.5. The van der Waals surface area contributed by atoms with Crippen LogP contribution in [-0.2, 0) is 19.1 Å². The number of hydrogen-bond donors (Lipinski definition) is 0. The molecular weight excluding hydrogens is 342 g/mol. The third-order valence-electron chi connectivity index (χ3n) is 3.82. The first-order chi connectivity index (χ1) is 12.5. The number of nitro benzene ring substituents is 1. The van der Waals surface area contributed by atoms with Gasteiger partial charge in [0.1, 0.15) is 0 Å². The van der Waals surface area contributed by atoms with Crippen molar-refractivity contribution in [2.45, 2.75) is 5.92 Å². The van der Waals surface area contributed by atoms with E-state index in [1.807, 2.05) is 6.07 Å². The van der Waals surface area contributed by atoms with E-state index >= 15 is 0 Å². The van der Waals surface area contributed by atoms with E-state index in [2.05, 4.69) is 9.47 Å². The summed E-state index contributed by atoms with van der Waals surface area (Å²) in [7, 11) is 3.45. The molecule has 0 atom stereocenters. The lowest BCUT2D eigenvalue weighted by atomic mass is 9.93. The van der Waals surface area contributed by atoms with Gasteiger partial charge >= 0.3 is 17.6 Å². The van der Waals surface area contributed by atoms with E-state index in [1.165, 1.54) is 13.2 Å². The monoisotopic (exact) mass is 359 g/mol. The van der Waals surface area contributed by atoms with Crippen LogP contribution in [0.5, 0.6) is 5.75 Å². The van der Waals surface area contributed by atoms with Crippen LogP contribution in [0.3, 0.4) is 0 Å². The van der Waals surface area contributed by atoms with Crippen molar-refractivity contribution in [3.8, 4) is 16.9 Å². The highest BCUT2D eigenvalue weighted by molar-refractivity contribution is 6.02. The first kappa shape index (κ1) is 18.9. The average Bonchev–Trinajstić information content (AvgIpc) is 2.67. The van der Waals surface area contributed by atoms with Gasteiger partial charge in [0.25, 0.3) is 0 Å². The molecule has 8 heteroatoms. The molecule has 0 saturated carbocycles. The molecule has 26 heavy (non-hydrogen) atoms. The summed E-state index contributed by atoms with van der Waals surface area (Å²) in [6.45, 7) is 0. The Bertz CT molecular complexity index is 817. The second-order valence-corrected chi connectivity index (χ2v) is 5.19. The van der Waals surface area contributed by atoms with E-state index in [9.17, 15) is 19.7 Å². The van der Waals surface area contributed by atoms with Crippen LogP contribution in [0.4, 0.5) is 5.69 Å². The highest BCUT2D eigenvalue weighted by Gasteiger charge is 2.39. The maximum atomic E-state index is 12.1. The number of rotatable bonds is 6. The van der Waals surface area contributed by atoms with Gasteiger partial charge < -0.3 is 14.2 Å². The predicted molar refractivity (Wildman–Crippen MR) is 91.9 cm³/mol. The molecular formula is C18H17NO7. The minimum Gasteiger partial charge on any atom is -0.490 e. The predicted octanol–water partition coefficient (Wildman–Crippen LogP) is 2.70. The maximum absolute atomic E-state index is 12.1. The second-order valence-electron chi connectivity index (χ2n) is 5.19. The zero-order valence-corrected chi connectivity index (χ0v) is 14.4. The van der Waals surface area contributed by atoms with Crippen molar-refractivity contribution < 1.29 is 28.7 Å². The molecule has 0 fully saturated rings. The Morgan fingerprint density at radius 1 is 0.962 bits per heavy atom. The molecule has 0 spiro atoms. The summed E-state index contributed by atoms with van der Waals surface area (Å²) in [5.74, 6) is -3.58. The van der Waals surface area contributed by atoms with Crippen LogP contribution in [-0.4, -0.2) is 38.2 Å². The van der Waals surface area contributed by atoms with Crippen LogP contribution in [0, 0.1) is 10.1 Å². The third-order valence-corrected chi connectivity index (χ3v) is 3.82. The fraction of sp³-hybridized carbons (Fsp3) is 0.222. The van der Waals surface area contributed by atoms with Gasteiger partial charge in [0.2, 0.25) is 5.75 Å². The Kier molecular flexibility index (Phi) is 5.90. The normalized spacial score (nSPS) is 10.3. The topological polar surface area (TPSA) is 105 Å². The Labute approximate surface area is 149 Å². The average molecular weight is 359 g/mol. The number of carbonyl (C=O) groups is 2. The molecule has 2 aromatic carbocycles. The third kappa shape index (κ3) is 3.49. The molecule has 0 saturated heterocycles. The number of ether oxygens (including phenoxy) is 3. The highest BCUT2D eigenvalue weighted by atomic mass is 16.6. The van der Waals surface area contributed by atoms with Crippen LogP contribution in [0.15, 0.2) is 42.5 Å². The molecule has 2 rings (SSSR count). The zero-order valence-electron chi connectivity index (χ0n) is 14.4. The molecule has 0 amide bonds. The van der Waals surface area contributed by atoms with Crippen molar-refractivity contribution in [3.63, 3.8) is 0 Å². The lowest BCUT2D eigenvalue weighted by Gasteiger charge is -2.16. The van der Waals surface area contributed by atoms with E-state index in [0.29, 0.717) is 11.1 Å². The van der Waals surface area contributed by atoms with Gasteiger partial charge in [-0.3, -0.25) is 19.7 Å². The lowest BCUT2D eigenvalue weighted by Crippen LogP contribution is -2.25. The molecule has 0 aliphatic heterocycles. The number of benzene rings is 2. The van der Waals surface area contributed by atoms with Gasteiger partial charge in [0.05, 0.1) is 31.8 Å². The molecule has 0 bridgehead atoms. The largest absolute Gasteiger partial charge is 0.490 e. The number of hydrogen-bond acceptors (Lipinski definition) is 7. The van der Waals surface area contributed by atoms with Crippen molar-refractivity contribution in [1.29, 1.82) is 0 Å². The minimum atomic E-state index is -1.59. The minimum absolute atomic E-state index is 0.0588. The molecule has 136 valence electrons. The molecule has 0 unspecified atom stereocenters. The molecule has 8 nitrogen and oxygen atoms in total. The molecule has 0 aliphatic rings. The van der Waals surface area contributed by atoms with Crippen molar-refractivity contribution in [1.82, 2.24) is 0 Å². The van der Waals surface area contributed by atoms with E-state index in [4.69, 9.17) is 4.74 Å². The number of nitrogens with zero attached hydrogens (tertiary/aromatic N) is 1. The van der Waals surface area contributed by atoms with E-state index in [0.717, 1.165) is 14.2 Å². The fourth-order valence-electron chi connectivity index (χ4n) is 2.65. The van der Waals surface area contributed by atoms with Gasteiger partial charge in [0.15, 0.2) is 5.92 Å². The molecule has 0 N–H and O–H groups in total. The summed E-state index contributed by atoms with van der Waals surface area (Å²) in [4.78, 5) is 35.1. The van der Waals surface area contributed by atoms with Gasteiger partial charge in [-0.25, -0.2) is 0 Å². The van der Waals surface area contributed by atoms with E-state index in [1.54, 1.807) is 30.3 Å². The van der Waals surface area contributed by atoms with Crippen molar-refractivity contribution in [2.75, 3.05) is 21.3 Å². The number of methoxy groups -OCH3 is 3. The molecule has 0 aromatic heterocycles. The SMILES string of the molecule is COC(=O)C(C(=O)OC)c1ccc(-c2ccccc2)c(OC)c1[N+](=O)[O-]. The number of carbonyl (C=O) groups excluding carboxylic acids is 2. The van der Waals surface area contributed by atoms with Crippen LogP contribution >= 0.6 is 0 Å². The molecule has 0 aliphatic carbocycles. The lowest BCUT2D eigenvalue weighted by molar-refractivity contribution is -0.386. The zero-order chi connectivity index (χ0) is 19.3. The first-order valence-electron chi connectivity index (χ1n) is 7.52. The highest BCUT2D eigenvalue weighted by Crippen LogP contribution is 2.43. The fourth-order valence-corrected chi connectivity index (χ4v) is 2.65. The Morgan fingerprint density at radius 2 is 1.54 bits per heavy atom.